The van der Waals surface area contributed by atoms with E-state index < -0.39 is 6.04 Å². The number of nitrogens with one attached hydrogen (secondary N) is 1. The summed E-state index contributed by atoms with van der Waals surface area (Å²) < 4.78 is 0. The first kappa shape index (κ1) is 17.3. The number of rotatable bonds is 2. The van der Waals surface area contributed by atoms with Crippen LogP contribution in [-0.4, -0.2) is 17.4 Å². The van der Waals surface area contributed by atoms with Crippen LogP contribution in [0.5, 0.6) is 0 Å². The first-order valence-electron chi connectivity index (χ1n) is 9.08. The molecule has 3 aromatic carbocycles. The van der Waals surface area contributed by atoms with Crippen LogP contribution in [0, 0.1) is 0 Å². The van der Waals surface area contributed by atoms with Crippen LogP contribution in [0.2, 0.25) is 0 Å². The van der Waals surface area contributed by atoms with Crippen LogP contribution < -0.4 is 10.2 Å². The van der Waals surface area contributed by atoms with E-state index in [-0.39, 0.29) is 17.4 Å². The van der Waals surface area contributed by atoms with E-state index in [2.05, 4.69) is 5.32 Å². The fourth-order valence-corrected chi connectivity index (χ4v) is 3.61. The molecule has 0 fully saturated rings. The molecule has 2 amide bonds. The van der Waals surface area contributed by atoms with Crippen LogP contribution in [-0.2, 0) is 4.79 Å². The topological polar surface area (TPSA) is 49.4 Å². The molecule has 0 aromatic heterocycles. The number of hydrogen-bond acceptors (Lipinski definition) is 2. The zero-order chi connectivity index (χ0) is 19.2. The van der Waals surface area contributed by atoms with Crippen LogP contribution in [0.3, 0.4) is 0 Å². The summed E-state index contributed by atoms with van der Waals surface area (Å²) in [7, 11) is 0. The average molecular weight is 358 g/mol. The van der Waals surface area contributed by atoms with Crippen molar-refractivity contribution < 1.29 is 9.59 Å². The van der Waals surface area contributed by atoms with Crippen molar-refractivity contribution in [3.05, 3.63) is 77.9 Å². The second-order valence-corrected chi connectivity index (χ2v) is 7.94. The van der Waals surface area contributed by atoms with Crippen molar-refractivity contribution in [1.29, 1.82) is 0 Å². The summed E-state index contributed by atoms with van der Waals surface area (Å²) in [4.78, 5) is 27.9. The number of carbonyl (C=O) groups excluding carboxylic acids is 2. The summed E-state index contributed by atoms with van der Waals surface area (Å²) in [6.07, 6.45) is 0. The summed E-state index contributed by atoms with van der Waals surface area (Å²) in [6, 6.07) is 20.5. The van der Waals surface area contributed by atoms with Gasteiger partial charge in [0, 0.05) is 16.8 Å². The van der Waals surface area contributed by atoms with Gasteiger partial charge in [0.15, 0.2) is 0 Å². The highest BCUT2D eigenvalue weighted by Gasteiger charge is 2.42. The third-order valence-corrected chi connectivity index (χ3v) is 4.72. The summed E-state index contributed by atoms with van der Waals surface area (Å²) in [5.41, 5.74) is 1.67. The molecule has 4 heteroatoms. The van der Waals surface area contributed by atoms with Gasteiger partial charge >= 0.3 is 0 Å². The van der Waals surface area contributed by atoms with Gasteiger partial charge in [-0.3, -0.25) is 14.5 Å². The molecule has 0 saturated carbocycles. The first-order valence-corrected chi connectivity index (χ1v) is 9.08. The number of benzene rings is 3. The van der Waals surface area contributed by atoms with Gasteiger partial charge in [-0.25, -0.2) is 0 Å². The summed E-state index contributed by atoms with van der Waals surface area (Å²) in [6.45, 7) is 5.82. The van der Waals surface area contributed by atoms with E-state index in [4.69, 9.17) is 0 Å². The molecule has 4 rings (SSSR count). The lowest BCUT2D eigenvalue weighted by atomic mass is 10.0. The van der Waals surface area contributed by atoms with Gasteiger partial charge in [0.25, 0.3) is 5.91 Å². The highest BCUT2D eigenvalue weighted by molar-refractivity contribution is 6.16. The summed E-state index contributed by atoms with van der Waals surface area (Å²) in [5.74, 6) is -0.316. The highest BCUT2D eigenvalue weighted by Crippen LogP contribution is 2.38. The monoisotopic (exact) mass is 358 g/mol. The van der Waals surface area contributed by atoms with Crippen molar-refractivity contribution in [2.75, 3.05) is 4.90 Å². The minimum atomic E-state index is -0.672. The van der Waals surface area contributed by atoms with E-state index in [0.717, 1.165) is 22.0 Å². The number of carbonyl (C=O) groups is 2. The third kappa shape index (κ3) is 3.08. The lowest BCUT2D eigenvalue weighted by Crippen LogP contribution is -2.47. The molecule has 0 saturated heterocycles. The SMILES string of the molecule is CC(C)(C)NC(=O)C1c2ccccc2C(=O)N1c1ccc2ccccc2c1. The maximum absolute atomic E-state index is 13.2. The molecule has 136 valence electrons. The van der Waals surface area contributed by atoms with E-state index in [1.165, 1.54) is 0 Å². The van der Waals surface area contributed by atoms with Crippen LogP contribution in [0.4, 0.5) is 5.69 Å². The molecule has 1 aliphatic heterocycles. The molecule has 1 atom stereocenters. The molecule has 0 bridgehead atoms. The summed E-state index contributed by atoms with van der Waals surface area (Å²) >= 11 is 0. The normalized spacial score (nSPS) is 16.5. The Labute approximate surface area is 158 Å². The zero-order valence-electron chi connectivity index (χ0n) is 15.7. The molecular weight excluding hydrogens is 336 g/mol. The Hall–Kier alpha value is -3.14. The predicted octanol–water partition coefficient (Wildman–Crippen LogP) is 4.46. The van der Waals surface area contributed by atoms with Crippen molar-refractivity contribution in [2.24, 2.45) is 0 Å². The van der Waals surface area contributed by atoms with Crippen molar-refractivity contribution in [1.82, 2.24) is 5.32 Å². The van der Waals surface area contributed by atoms with Crippen LogP contribution >= 0.6 is 0 Å². The largest absolute Gasteiger partial charge is 0.349 e. The lowest BCUT2D eigenvalue weighted by Gasteiger charge is -2.29. The van der Waals surface area contributed by atoms with Crippen molar-refractivity contribution >= 4 is 28.3 Å². The molecule has 27 heavy (non-hydrogen) atoms. The Morgan fingerprint density at radius 3 is 2.33 bits per heavy atom. The number of amides is 2. The fraction of sp³-hybridized carbons (Fsp3) is 0.217. The molecule has 0 spiro atoms. The van der Waals surface area contributed by atoms with Gasteiger partial charge in [-0.1, -0.05) is 48.5 Å². The number of anilines is 1. The molecule has 1 heterocycles. The molecule has 0 aliphatic carbocycles. The second kappa shape index (κ2) is 6.23. The minimum Gasteiger partial charge on any atom is -0.349 e. The van der Waals surface area contributed by atoms with Crippen molar-refractivity contribution in [2.45, 2.75) is 32.4 Å². The zero-order valence-corrected chi connectivity index (χ0v) is 15.7. The molecule has 1 unspecified atom stereocenters. The number of hydrogen-bond donors (Lipinski definition) is 1. The van der Waals surface area contributed by atoms with Crippen molar-refractivity contribution in [3.8, 4) is 0 Å². The Balaban J connectivity index is 1.83. The number of fused-ring (bicyclic) bond motifs is 2. The average Bonchev–Trinajstić information content (AvgIpc) is 2.93. The van der Waals surface area contributed by atoms with Gasteiger partial charge in [-0.2, -0.15) is 0 Å². The molecule has 1 aliphatic rings. The predicted molar refractivity (Wildman–Crippen MR) is 108 cm³/mol. The molecule has 1 N–H and O–H groups in total. The first-order chi connectivity index (χ1) is 12.8. The Bertz CT molecular complexity index is 1050. The van der Waals surface area contributed by atoms with Crippen LogP contribution in [0.15, 0.2) is 66.7 Å². The van der Waals surface area contributed by atoms with Gasteiger partial charge in [0.1, 0.15) is 6.04 Å². The van der Waals surface area contributed by atoms with Crippen molar-refractivity contribution in [3.63, 3.8) is 0 Å². The third-order valence-electron chi connectivity index (χ3n) is 4.72. The quantitative estimate of drug-likeness (QED) is 0.735. The molecule has 4 nitrogen and oxygen atoms in total. The van der Waals surface area contributed by atoms with Gasteiger partial charge < -0.3 is 5.32 Å². The maximum Gasteiger partial charge on any atom is 0.259 e. The van der Waals surface area contributed by atoms with E-state index in [9.17, 15) is 9.59 Å². The van der Waals surface area contributed by atoms with Crippen LogP contribution in [0.25, 0.3) is 10.8 Å². The fourth-order valence-electron chi connectivity index (χ4n) is 3.61. The molecular formula is C23H22N2O2. The Kier molecular flexibility index (Phi) is 3.99. The van der Waals surface area contributed by atoms with Gasteiger partial charge in [-0.15, -0.1) is 0 Å². The lowest BCUT2D eigenvalue weighted by molar-refractivity contribution is -0.123. The highest BCUT2D eigenvalue weighted by atomic mass is 16.2. The Morgan fingerprint density at radius 1 is 0.926 bits per heavy atom. The second-order valence-electron chi connectivity index (χ2n) is 7.94. The maximum atomic E-state index is 13.2. The van der Waals surface area contributed by atoms with E-state index in [1.54, 1.807) is 11.0 Å². The van der Waals surface area contributed by atoms with E-state index in [0.29, 0.717) is 5.56 Å². The summed E-state index contributed by atoms with van der Waals surface area (Å²) in [5, 5.41) is 5.16. The minimum absolute atomic E-state index is 0.144. The van der Waals surface area contributed by atoms with Gasteiger partial charge in [-0.05, 0) is 55.3 Å². The Morgan fingerprint density at radius 2 is 1.59 bits per heavy atom. The van der Waals surface area contributed by atoms with E-state index in [1.807, 2.05) is 81.4 Å². The smallest absolute Gasteiger partial charge is 0.259 e. The van der Waals surface area contributed by atoms with Crippen LogP contribution in [0.1, 0.15) is 42.7 Å². The molecule has 3 aromatic rings. The number of nitrogens with zero attached hydrogens (tertiary/aromatic N) is 1. The van der Waals surface area contributed by atoms with Gasteiger partial charge in [0.05, 0.1) is 0 Å². The van der Waals surface area contributed by atoms with Gasteiger partial charge in [0.2, 0.25) is 5.91 Å². The standard InChI is InChI=1S/C23H22N2O2/c1-23(2,3)24-21(26)20-18-10-6-7-11-19(18)22(27)25(20)17-13-12-15-8-4-5-9-16(15)14-17/h4-14,20H,1-3H3,(H,24,26). The van der Waals surface area contributed by atoms with E-state index >= 15 is 0 Å². The molecule has 0 radical (unpaired) electrons.